The van der Waals surface area contributed by atoms with Gasteiger partial charge >= 0.3 is 0 Å². The number of amides is 1. The van der Waals surface area contributed by atoms with Gasteiger partial charge in [-0.05, 0) is 25.1 Å². The van der Waals surface area contributed by atoms with Crippen LogP contribution in [0.5, 0.6) is 0 Å². The second-order valence-corrected chi connectivity index (χ2v) is 5.36. The molecule has 0 bridgehead atoms. The molecule has 20 heavy (non-hydrogen) atoms. The van der Waals surface area contributed by atoms with Gasteiger partial charge in [-0.3, -0.25) is 4.79 Å². The minimum absolute atomic E-state index is 0.184. The molecule has 1 aromatic carbocycles. The van der Waals surface area contributed by atoms with Crippen LogP contribution in [0.25, 0.3) is 11.3 Å². The summed E-state index contributed by atoms with van der Waals surface area (Å²) in [5.74, 6) is -0.184. The highest BCUT2D eigenvalue weighted by atomic mass is 32.1. The zero-order chi connectivity index (χ0) is 13.9. The average molecular weight is 284 g/mol. The van der Waals surface area contributed by atoms with Gasteiger partial charge in [0, 0.05) is 16.6 Å². The fourth-order valence-electron chi connectivity index (χ4n) is 1.82. The van der Waals surface area contributed by atoms with Crippen LogP contribution in [-0.2, 0) is 0 Å². The third kappa shape index (κ3) is 2.62. The number of furan rings is 1. The van der Waals surface area contributed by atoms with Gasteiger partial charge < -0.3 is 9.73 Å². The number of aryl methyl sites for hydroxylation is 1. The van der Waals surface area contributed by atoms with Crippen LogP contribution in [0, 0.1) is 6.92 Å². The van der Waals surface area contributed by atoms with Crippen molar-refractivity contribution in [2.45, 2.75) is 6.92 Å². The Morgan fingerprint density at radius 3 is 2.65 bits per heavy atom. The minimum atomic E-state index is -0.184. The van der Waals surface area contributed by atoms with Crippen LogP contribution in [0.4, 0.5) is 5.69 Å². The van der Waals surface area contributed by atoms with E-state index in [1.165, 1.54) is 12.5 Å². The third-order valence-electron chi connectivity index (χ3n) is 2.84. The van der Waals surface area contributed by atoms with Crippen molar-refractivity contribution in [2.24, 2.45) is 0 Å². The van der Waals surface area contributed by atoms with Gasteiger partial charge in [0.1, 0.15) is 6.26 Å². The van der Waals surface area contributed by atoms with E-state index in [2.05, 4.69) is 10.3 Å². The molecule has 0 radical (unpaired) electrons. The number of aromatic nitrogens is 1. The highest BCUT2D eigenvalue weighted by Crippen LogP contribution is 2.23. The number of hydrogen-bond acceptors (Lipinski definition) is 4. The number of hydrogen-bond donors (Lipinski definition) is 1. The molecule has 0 aliphatic rings. The quantitative estimate of drug-likeness (QED) is 0.792. The van der Waals surface area contributed by atoms with Crippen molar-refractivity contribution in [3.8, 4) is 11.3 Å². The van der Waals surface area contributed by atoms with E-state index in [1.54, 1.807) is 17.4 Å². The fourth-order valence-corrected chi connectivity index (χ4v) is 2.44. The van der Waals surface area contributed by atoms with E-state index in [1.807, 2.05) is 36.6 Å². The molecule has 0 fully saturated rings. The minimum Gasteiger partial charge on any atom is -0.472 e. The Bertz CT molecular complexity index is 715. The summed E-state index contributed by atoms with van der Waals surface area (Å²) in [6.45, 7) is 1.98. The molecule has 5 heteroatoms. The van der Waals surface area contributed by atoms with E-state index in [0.717, 1.165) is 22.0 Å². The smallest absolute Gasteiger partial charge is 0.258 e. The number of nitrogens with one attached hydrogen (secondary N) is 1. The topological polar surface area (TPSA) is 55.1 Å². The number of thiazole rings is 1. The van der Waals surface area contributed by atoms with Crippen molar-refractivity contribution in [1.29, 1.82) is 0 Å². The lowest BCUT2D eigenvalue weighted by Gasteiger charge is -2.04. The van der Waals surface area contributed by atoms with Gasteiger partial charge in [-0.2, -0.15) is 0 Å². The molecule has 4 nitrogen and oxygen atoms in total. The molecule has 3 aromatic rings. The molecule has 0 atom stereocenters. The molecule has 0 unspecified atom stereocenters. The molecule has 0 aliphatic carbocycles. The van der Waals surface area contributed by atoms with Crippen molar-refractivity contribution in [3.63, 3.8) is 0 Å². The van der Waals surface area contributed by atoms with E-state index in [9.17, 15) is 4.79 Å². The summed E-state index contributed by atoms with van der Waals surface area (Å²) in [6, 6.07) is 9.24. The van der Waals surface area contributed by atoms with Crippen molar-refractivity contribution in [1.82, 2.24) is 4.98 Å². The summed E-state index contributed by atoms with van der Waals surface area (Å²) in [4.78, 5) is 16.3. The van der Waals surface area contributed by atoms with Gasteiger partial charge in [0.25, 0.3) is 5.91 Å². The zero-order valence-electron chi connectivity index (χ0n) is 10.8. The molecular formula is C15H12N2O2S. The van der Waals surface area contributed by atoms with Crippen molar-refractivity contribution >= 4 is 22.9 Å². The second-order valence-electron chi connectivity index (χ2n) is 4.30. The molecule has 1 N–H and O–H groups in total. The normalized spacial score (nSPS) is 10.4. The Morgan fingerprint density at radius 1 is 1.25 bits per heavy atom. The number of carbonyl (C=O) groups excluding carboxylic acids is 1. The first-order valence-corrected chi connectivity index (χ1v) is 6.96. The Labute approximate surface area is 120 Å². The number of benzene rings is 1. The summed E-state index contributed by atoms with van der Waals surface area (Å²) in [5, 5.41) is 5.87. The molecule has 0 spiro atoms. The first-order valence-electron chi connectivity index (χ1n) is 6.08. The predicted octanol–water partition coefficient (Wildman–Crippen LogP) is 3.96. The Kier molecular flexibility index (Phi) is 3.35. The third-order valence-corrected chi connectivity index (χ3v) is 3.61. The van der Waals surface area contributed by atoms with E-state index < -0.39 is 0 Å². The molecular weight excluding hydrogens is 272 g/mol. The second kappa shape index (κ2) is 5.30. The number of carbonyl (C=O) groups is 1. The van der Waals surface area contributed by atoms with Crippen LogP contribution in [0.3, 0.4) is 0 Å². The van der Waals surface area contributed by atoms with Crippen LogP contribution < -0.4 is 5.32 Å². The standard InChI is InChI=1S/C15H12N2O2S/c1-10-16-14(9-20-10)11-2-4-13(5-3-11)17-15(18)12-6-7-19-8-12/h2-9H,1H3,(H,17,18). The first kappa shape index (κ1) is 12.6. The summed E-state index contributed by atoms with van der Waals surface area (Å²) < 4.78 is 4.88. The van der Waals surface area contributed by atoms with Crippen LogP contribution in [0.2, 0.25) is 0 Å². The van der Waals surface area contributed by atoms with Gasteiger partial charge in [0.2, 0.25) is 0 Å². The van der Waals surface area contributed by atoms with Gasteiger partial charge in [-0.15, -0.1) is 11.3 Å². The lowest BCUT2D eigenvalue weighted by Crippen LogP contribution is -2.10. The van der Waals surface area contributed by atoms with Gasteiger partial charge in [-0.25, -0.2) is 4.98 Å². The van der Waals surface area contributed by atoms with E-state index in [-0.39, 0.29) is 5.91 Å². The molecule has 1 amide bonds. The van der Waals surface area contributed by atoms with E-state index in [0.29, 0.717) is 5.56 Å². The number of rotatable bonds is 3. The Balaban J connectivity index is 1.75. The summed E-state index contributed by atoms with van der Waals surface area (Å²) in [6.07, 6.45) is 2.89. The highest BCUT2D eigenvalue weighted by molar-refractivity contribution is 7.09. The summed E-state index contributed by atoms with van der Waals surface area (Å²) in [5.41, 5.74) is 3.24. The average Bonchev–Trinajstić information content (AvgIpc) is 3.10. The SMILES string of the molecule is Cc1nc(-c2ccc(NC(=O)c3ccoc3)cc2)cs1. The molecule has 0 saturated carbocycles. The summed E-state index contributed by atoms with van der Waals surface area (Å²) in [7, 11) is 0. The Hall–Kier alpha value is -2.40. The summed E-state index contributed by atoms with van der Waals surface area (Å²) >= 11 is 1.62. The first-order chi connectivity index (χ1) is 9.72. The number of anilines is 1. The van der Waals surface area contributed by atoms with E-state index in [4.69, 9.17) is 4.42 Å². The monoisotopic (exact) mass is 284 g/mol. The van der Waals surface area contributed by atoms with Crippen molar-refractivity contribution in [2.75, 3.05) is 5.32 Å². The highest BCUT2D eigenvalue weighted by Gasteiger charge is 2.07. The largest absolute Gasteiger partial charge is 0.472 e. The van der Waals surface area contributed by atoms with Crippen LogP contribution in [0.1, 0.15) is 15.4 Å². The molecule has 3 rings (SSSR count). The maximum Gasteiger partial charge on any atom is 0.258 e. The maximum absolute atomic E-state index is 11.9. The molecule has 2 heterocycles. The lowest BCUT2D eigenvalue weighted by atomic mass is 10.1. The molecule has 0 aliphatic heterocycles. The predicted molar refractivity (Wildman–Crippen MR) is 78.9 cm³/mol. The van der Waals surface area contributed by atoms with Crippen LogP contribution >= 0.6 is 11.3 Å². The van der Waals surface area contributed by atoms with Crippen LogP contribution in [0.15, 0.2) is 52.7 Å². The number of nitrogens with zero attached hydrogens (tertiary/aromatic N) is 1. The molecule has 2 aromatic heterocycles. The van der Waals surface area contributed by atoms with Gasteiger partial charge in [0.15, 0.2) is 0 Å². The molecule has 100 valence electrons. The van der Waals surface area contributed by atoms with Crippen molar-refractivity contribution in [3.05, 3.63) is 58.8 Å². The Morgan fingerprint density at radius 2 is 2.05 bits per heavy atom. The van der Waals surface area contributed by atoms with Crippen LogP contribution in [-0.4, -0.2) is 10.9 Å². The fraction of sp³-hybridized carbons (Fsp3) is 0.0667. The maximum atomic E-state index is 11.9. The zero-order valence-corrected chi connectivity index (χ0v) is 11.6. The van der Waals surface area contributed by atoms with Crippen molar-refractivity contribution < 1.29 is 9.21 Å². The van der Waals surface area contributed by atoms with E-state index >= 15 is 0 Å². The van der Waals surface area contributed by atoms with Gasteiger partial charge in [-0.1, -0.05) is 12.1 Å². The van der Waals surface area contributed by atoms with Gasteiger partial charge in [0.05, 0.1) is 22.5 Å². The molecule has 0 saturated heterocycles. The lowest BCUT2D eigenvalue weighted by molar-refractivity contribution is 0.102.